The lowest BCUT2D eigenvalue weighted by molar-refractivity contribution is -0.117. The van der Waals surface area contributed by atoms with Crippen molar-refractivity contribution in [2.45, 2.75) is 13.3 Å². The number of para-hydroxylation sites is 3. The van der Waals surface area contributed by atoms with E-state index >= 15 is 0 Å². The van der Waals surface area contributed by atoms with E-state index in [-0.39, 0.29) is 18.2 Å². The van der Waals surface area contributed by atoms with E-state index in [2.05, 4.69) is 10.2 Å². The molecule has 6 nitrogen and oxygen atoms in total. The van der Waals surface area contributed by atoms with E-state index in [0.29, 0.717) is 19.8 Å². The lowest BCUT2D eigenvalue weighted by Crippen LogP contribution is -2.39. The molecule has 1 fully saturated rings. The number of rotatable bonds is 6. The summed E-state index contributed by atoms with van der Waals surface area (Å²) in [5.74, 6) is -0.195. The fourth-order valence-corrected chi connectivity index (χ4v) is 3.17. The zero-order valence-electron chi connectivity index (χ0n) is 15.6. The summed E-state index contributed by atoms with van der Waals surface area (Å²) in [6.45, 7) is 4.79. The third-order valence-electron chi connectivity index (χ3n) is 4.52. The Morgan fingerprint density at radius 3 is 2.41 bits per heavy atom. The average molecular weight is 367 g/mol. The fraction of sp³-hybridized carbons (Fsp3) is 0.333. The van der Waals surface area contributed by atoms with Crippen LogP contribution in [-0.2, 0) is 14.3 Å². The highest BCUT2D eigenvalue weighted by molar-refractivity contribution is 5.97. The van der Waals surface area contributed by atoms with E-state index in [1.807, 2.05) is 54.6 Å². The van der Waals surface area contributed by atoms with Crippen molar-refractivity contribution >= 4 is 28.9 Å². The molecule has 2 aromatic rings. The summed E-state index contributed by atoms with van der Waals surface area (Å²) >= 11 is 0. The lowest BCUT2D eigenvalue weighted by atomic mass is 10.2. The Kier molecular flexibility index (Phi) is 6.44. The van der Waals surface area contributed by atoms with Crippen LogP contribution in [0.2, 0.25) is 0 Å². The molecular formula is C21H25N3O3. The Hall–Kier alpha value is -2.86. The Morgan fingerprint density at radius 2 is 1.70 bits per heavy atom. The van der Waals surface area contributed by atoms with Crippen LogP contribution in [0.15, 0.2) is 54.6 Å². The minimum Gasteiger partial charge on any atom is -0.378 e. The zero-order valence-corrected chi connectivity index (χ0v) is 15.6. The lowest BCUT2D eigenvalue weighted by Gasteiger charge is -2.33. The minimum absolute atomic E-state index is 0.0804. The van der Waals surface area contributed by atoms with Gasteiger partial charge in [-0.25, -0.2) is 0 Å². The summed E-state index contributed by atoms with van der Waals surface area (Å²) in [5, 5.41) is 2.86. The number of amides is 2. The molecule has 0 aliphatic carbocycles. The van der Waals surface area contributed by atoms with Gasteiger partial charge in [0.2, 0.25) is 11.8 Å². The Morgan fingerprint density at radius 1 is 1.04 bits per heavy atom. The number of nitrogens with zero attached hydrogens (tertiary/aromatic N) is 2. The van der Waals surface area contributed by atoms with E-state index in [1.54, 1.807) is 4.90 Å². The molecule has 0 spiro atoms. The van der Waals surface area contributed by atoms with Crippen molar-refractivity contribution < 1.29 is 14.3 Å². The minimum atomic E-state index is -0.115. The predicted octanol–water partition coefficient (Wildman–Crippen LogP) is 2.90. The van der Waals surface area contributed by atoms with Crippen molar-refractivity contribution in [2.24, 2.45) is 0 Å². The summed E-state index contributed by atoms with van der Waals surface area (Å²) < 4.78 is 5.43. The standard InChI is InChI=1S/C21H25N3O3/c1-17(25)24(12-11-21(26)22-18-7-3-2-4-8-18)20-10-6-5-9-19(20)23-13-15-27-16-14-23/h2-10H,11-16H2,1H3,(H,22,26). The highest BCUT2D eigenvalue weighted by Crippen LogP contribution is 2.30. The van der Waals surface area contributed by atoms with Gasteiger partial charge in [-0.2, -0.15) is 0 Å². The number of hydrogen-bond acceptors (Lipinski definition) is 4. The molecule has 1 aliphatic heterocycles. The smallest absolute Gasteiger partial charge is 0.226 e. The van der Waals surface area contributed by atoms with Crippen molar-refractivity contribution in [1.29, 1.82) is 0 Å². The molecule has 0 saturated carbocycles. The van der Waals surface area contributed by atoms with Crippen molar-refractivity contribution in [3.63, 3.8) is 0 Å². The zero-order chi connectivity index (χ0) is 19.1. The third-order valence-corrected chi connectivity index (χ3v) is 4.52. The predicted molar refractivity (Wildman–Crippen MR) is 107 cm³/mol. The number of hydrogen-bond donors (Lipinski definition) is 1. The van der Waals surface area contributed by atoms with E-state index in [9.17, 15) is 9.59 Å². The maximum absolute atomic E-state index is 12.3. The SMILES string of the molecule is CC(=O)N(CCC(=O)Nc1ccccc1)c1ccccc1N1CCOCC1. The molecule has 0 atom stereocenters. The first-order valence-corrected chi connectivity index (χ1v) is 9.20. The van der Waals surface area contributed by atoms with E-state index in [4.69, 9.17) is 4.74 Å². The quantitative estimate of drug-likeness (QED) is 0.853. The van der Waals surface area contributed by atoms with Gasteiger partial charge in [0.1, 0.15) is 0 Å². The number of carbonyl (C=O) groups is 2. The fourth-order valence-electron chi connectivity index (χ4n) is 3.17. The molecule has 0 aromatic heterocycles. The molecule has 1 saturated heterocycles. The highest BCUT2D eigenvalue weighted by Gasteiger charge is 2.21. The van der Waals surface area contributed by atoms with Gasteiger partial charge in [0.05, 0.1) is 24.6 Å². The first-order valence-electron chi connectivity index (χ1n) is 9.20. The summed E-state index contributed by atoms with van der Waals surface area (Å²) in [6, 6.07) is 17.2. The van der Waals surface area contributed by atoms with Gasteiger partial charge in [0.15, 0.2) is 0 Å². The molecule has 6 heteroatoms. The number of ether oxygens (including phenoxy) is 1. The van der Waals surface area contributed by atoms with Gasteiger partial charge in [0, 0.05) is 38.7 Å². The molecular weight excluding hydrogens is 342 g/mol. The molecule has 3 rings (SSSR count). The second-order valence-corrected chi connectivity index (χ2v) is 6.42. The van der Waals surface area contributed by atoms with Gasteiger partial charge in [-0.15, -0.1) is 0 Å². The van der Waals surface area contributed by atoms with Gasteiger partial charge in [-0.05, 0) is 24.3 Å². The van der Waals surface area contributed by atoms with Crippen LogP contribution in [0.4, 0.5) is 17.1 Å². The second-order valence-electron chi connectivity index (χ2n) is 6.42. The van der Waals surface area contributed by atoms with Crippen LogP contribution in [0.1, 0.15) is 13.3 Å². The monoisotopic (exact) mass is 367 g/mol. The molecule has 0 radical (unpaired) electrons. The number of anilines is 3. The Balaban J connectivity index is 1.70. The summed E-state index contributed by atoms with van der Waals surface area (Å²) in [5.41, 5.74) is 2.59. The van der Waals surface area contributed by atoms with Gasteiger partial charge in [-0.3, -0.25) is 9.59 Å². The van der Waals surface area contributed by atoms with Crippen LogP contribution >= 0.6 is 0 Å². The van der Waals surface area contributed by atoms with Crippen molar-refractivity contribution in [1.82, 2.24) is 0 Å². The number of nitrogens with one attached hydrogen (secondary N) is 1. The molecule has 2 aromatic carbocycles. The molecule has 1 N–H and O–H groups in total. The molecule has 2 amide bonds. The van der Waals surface area contributed by atoms with Crippen molar-refractivity contribution in [3.8, 4) is 0 Å². The van der Waals surface area contributed by atoms with Gasteiger partial charge < -0.3 is 19.9 Å². The molecule has 1 aliphatic rings. The van der Waals surface area contributed by atoms with E-state index in [1.165, 1.54) is 6.92 Å². The summed E-state index contributed by atoms with van der Waals surface area (Å²) in [7, 11) is 0. The van der Waals surface area contributed by atoms with Gasteiger partial charge in [-0.1, -0.05) is 30.3 Å². The van der Waals surface area contributed by atoms with E-state index in [0.717, 1.165) is 30.2 Å². The van der Waals surface area contributed by atoms with Crippen LogP contribution in [0.25, 0.3) is 0 Å². The van der Waals surface area contributed by atoms with Crippen LogP contribution in [-0.4, -0.2) is 44.7 Å². The van der Waals surface area contributed by atoms with Gasteiger partial charge >= 0.3 is 0 Å². The van der Waals surface area contributed by atoms with Crippen molar-refractivity contribution in [2.75, 3.05) is 48.0 Å². The second kappa shape index (κ2) is 9.19. The number of morpholine rings is 1. The largest absolute Gasteiger partial charge is 0.378 e. The first kappa shape index (κ1) is 18.9. The van der Waals surface area contributed by atoms with Crippen LogP contribution in [0.3, 0.4) is 0 Å². The Labute approximate surface area is 159 Å². The van der Waals surface area contributed by atoms with Crippen LogP contribution < -0.4 is 15.1 Å². The summed E-state index contributed by atoms with van der Waals surface area (Å²) in [4.78, 5) is 28.5. The Bertz CT molecular complexity index is 773. The topological polar surface area (TPSA) is 61.9 Å². The third kappa shape index (κ3) is 5.08. The van der Waals surface area contributed by atoms with E-state index < -0.39 is 0 Å². The van der Waals surface area contributed by atoms with Gasteiger partial charge in [0.25, 0.3) is 0 Å². The highest BCUT2D eigenvalue weighted by atomic mass is 16.5. The number of carbonyl (C=O) groups excluding carboxylic acids is 2. The van der Waals surface area contributed by atoms with Crippen LogP contribution in [0.5, 0.6) is 0 Å². The molecule has 0 bridgehead atoms. The number of benzene rings is 2. The van der Waals surface area contributed by atoms with Crippen LogP contribution in [0, 0.1) is 0 Å². The molecule has 0 unspecified atom stereocenters. The normalized spacial score (nSPS) is 13.9. The molecule has 27 heavy (non-hydrogen) atoms. The first-order chi connectivity index (χ1) is 13.1. The maximum Gasteiger partial charge on any atom is 0.226 e. The molecule has 1 heterocycles. The molecule has 142 valence electrons. The van der Waals surface area contributed by atoms with Crippen molar-refractivity contribution in [3.05, 3.63) is 54.6 Å². The summed E-state index contributed by atoms with van der Waals surface area (Å²) in [6.07, 6.45) is 0.228. The maximum atomic E-state index is 12.3. The average Bonchev–Trinajstić information content (AvgIpc) is 2.70.